The van der Waals surface area contributed by atoms with Crippen molar-refractivity contribution >= 4 is 11.6 Å². The molecule has 0 radical (unpaired) electrons. The molecule has 0 saturated carbocycles. The summed E-state index contributed by atoms with van der Waals surface area (Å²) in [5.74, 6) is 0.709. The summed E-state index contributed by atoms with van der Waals surface area (Å²) < 4.78 is 5.49. The molecule has 0 aliphatic heterocycles. The van der Waals surface area contributed by atoms with Gasteiger partial charge in [0.05, 0.1) is 12.7 Å². The molecule has 3 nitrogen and oxygen atoms in total. The Bertz CT molecular complexity index is 381. The molecule has 120 valence electrons. The molecule has 1 aromatic rings. The van der Waals surface area contributed by atoms with Crippen molar-refractivity contribution < 1.29 is 9.84 Å². The summed E-state index contributed by atoms with van der Waals surface area (Å²) in [4.78, 5) is 0. The van der Waals surface area contributed by atoms with Crippen LogP contribution in [0.2, 0.25) is 5.02 Å². The maximum atomic E-state index is 9.89. The molecule has 4 heteroatoms. The van der Waals surface area contributed by atoms with Crippen molar-refractivity contribution in [3.8, 4) is 0 Å². The highest BCUT2D eigenvalue weighted by Gasteiger charge is 2.09. The van der Waals surface area contributed by atoms with E-state index in [1.165, 1.54) is 6.42 Å². The minimum atomic E-state index is -0.473. The highest BCUT2D eigenvalue weighted by Crippen LogP contribution is 2.15. The van der Waals surface area contributed by atoms with Crippen molar-refractivity contribution in [3.63, 3.8) is 0 Å². The molecule has 0 aromatic heterocycles. The molecule has 0 fully saturated rings. The van der Waals surface area contributed by atoms with E-state index in [4.69, 9.17) is 16.3 Å². The zero-order valence-electron chi connectivity index (χ0n) is 13.3. The van der Waals surface area contributed by atoms with E-state index in [2.05, 4.69) is 26.1 Å². The molecule has 0 amide bonds. The van der Waals surface area contributed by atoms with Crippen LogP contribution in [0.25, 0.3) is 0 Å². The van der Waals surface area contributed by atoms with Crippen LogP contribution in [0.15, 0.2) is 24.3 Å². The van der Waals surface area contributed by atoms with Crippen molar-refractivity contribution in [3.05, 3.63) is 34.9 Å². The van der Waals surface area contributed by atoms with Crippen LogP contribution in [0.1, 0.15) is 45.2 Å². The Morgan fingerprint density at radius 3 is 2.48 bits per heavy atom. The van der Waals surface area contributed by atoms with Crippen LogP contribution in [0, 0.1) is 5.92 Å². The third-order valence-electron chi connectivity index (χ3n) is 3.41. The van der Waals surface area contributed by atoms with Gasteiger partial charge < -0.3 is 15.2 Å². The van der Waals surface area contributed by atoms with Gasteiger partial charge in [-0.15, -0.1) is 0 Å². The summed E-state index contributed by atoms with van der Waals surface area (Å²) in [7, 11) is 0. The van der Waals surface area contributed by atoms with Gasteiger partial charge >= 0.3 is 0 Å². The van der Waals surface area contributed by atoms with Crippen LogP contribution in [-0.2, 0) is 4.74 Å². The van der Waals surface area contributed by atoms with Crippen LogP contribution in [-0.4, -0.2) is 31.0 Å². The average Bonchev–Trinajstić information content (AvgIpc) is 2.44. The van der Waals surface area contributed by atoms with Gasteiger partial charge in [0.25, 0.3) is 0 Å². The molecule has 0 saturated heterocycles. The smallest absolute Gasteiger partial charge is 0.0897 e. The lowest BCUT2D eigenvalue weighted by molar-refractivity contribution is 0.0337. The van der Waals surface area contributed by atoms with Crippen LogP contribution < -0.4 is 5.32 Å². The number of aliphatic hydroxyl groups is 1. The fraction of sp³-hybridized carbons (Fsp3) is 0.647. The molecular weight excluding hydrogens is 286 g/mol. The van der Waals surface area contributed by atoms with Crippen LogP contribution >= 0.6 is 11.6 Å². The highest BCUT2D eigenvalue weighted by molar-refractivity contribution is 6.30. The van der Waals surface area contributed by atoms with E-state index in [1.807, 2.05) is 24.3 Å². The molecule has 0 spiro atoms. The van der Waals surface area contributed by atoms with E-state index in [-0.39, 0.29) is 6.04 Å². The van der Waals surface area contributed by atoms with E-state index < -0.39 is 6.10 Å². The predicted molar refractivity (Wildman–Crippen MR) is 88.8 cm³/mol. The first-order valence-electron chi connectivity index (χ1n) is 7.73. The molecule has 1 aromatic carbocycles. The van der Waals surface area contributed by atoms with Crippen LogP contribution in [0.3, 0.4) is 0 Å². The number of ether oxygens (including phenoxy) is 1. The van der Waals surface area contributed by atoms with E-state index in [0.717, 1.165) is 23.6 Å². The topological polar surface area (TPSA) is 41.5 Å². The van der Waals surface area contributed by atoms with Crippen LogP contribution in [0.4, 0.5) is 0 Å². The maximum absolute atomic E-state index is 9.89. The molecule has 21 heavy (non-hydrogen) atoms. The minimum Gasteiger partial charge on any atom is -0.389 e. The Morgan fingerprint density at radius 2 is 1.86 bits per heavy atom. The van der Waals surface area contributed by atoms with Crippen LogP contribution in [0.5, 0.6) is 0 Å². The number of hydrogen-bond acceptors (Lipinski definition) is 3. The van der Waals surface area contributed by atoms with Gasteiger partial charge in [0.2, 0.25) is 0 Å². The molecule has 0 aliphatic rings. The Kier molecular flexibility index (Phi) is 8.93. The van der Waals surface area contributed by atoms with Gasteiger partial charge in [-0.3, -0.25) is 0 Å². The lowest BCUT2D eigenvalue weighted by Gasteiger charge is -2.18. The zero-order chi connectivity index (χ0) is 15.7. The first kappa shape index (κ1) is 18.4. The van der Waals surface area contributed by atoms with Crippen molar-refractivity contribution in [1.82, 2.24) is 5.32 Å². The fourth-order valence-corrected chi connectivity index (χ4v) is 2.18. The summed E-state index contributed by atoms with van der Waals surface area (Å²) in [6, 6.07) is 7.92. The summed E-state index contributed by atoms with van der Waals surface area (Å²) in [6.07, 6.45) is 1.75. The number of benzene rings is 1. The summed E-state index contributed by atoms with van der Waals surface area (Å²) in [5, 5.41) is 13.9. The van der Waals surface area contributed by atoms with Crippen molar-refractivity contribution in [2.24, 2.45) is 5.92 Å². The normalized spacial score (nSPS) is 14.4. The number of nitrogens with one attached hydrogen (secondary N) is 1. The molecule has 2 N–H and O–H groups in total. The van der Waals surface area contributed by atoms with Crippen molar-refractivity contribution in [2.45, 2.75) is 45.8 Å². The van der Waals surface area contributed by atoms with Gasteiger partial charge in [-0.25, -0.2) is 0 Å². The summed E-state index contributed by atoms with van der Waals surface area (Å²) >= 11 is 5.87. The standard InChI is InChI=1S/C17H28ClNO2/c1-13(2)5-4-10-21-12-17(20)11-19-14(3)15-6-8-16(18)9-7-15/h6-9,13-14,17,19-20H,4-5,10-12H2,1-3H3. The van der Waals surface area contributed by atoms with E-state index in [1.54, 1.807) is 0 Å². The number of hydrogen-bond donors (Lipinski definition) is 2. The fourth-order valence-electron chi connectivity index (χ4n) is 2.05. The third-order valence-corrected chi connectivity index (χ3v) is 3.66. The van der Waals surface area contributed by atoms with E-state index in [9.17, 15) is 5.11 Å². The second kappa shape index (κ2) is 10.2. The number of halogens is 1. The van der Waals surface area contributed by atoms with Gasteiger partial charge in [0.15, 0.2) is 0 Å². The SMILES string of the molecule is CC(C)CCCOCC(O)CNC(C)c1ccc(Cl)cc1. The van der Waals surface area contributed by atoms with Gasteiger partial charge in [0.1, 0.15) is 0 Å². The Morgan fingerprint density at radius 1 is 1.19 bits per heavy atom. The monoisotopic (exact) mass is 313 g/mol. The second-order valence-corrected chi connectivity index (χ2v) is 6.38. The summed E-state index contributed by atoms with van der Waals surface area (Å²) in [5.41, 5.74) is 1.16. The van der Waals surface area contributed by atoms with Gasteiger partial charge in [-0.05, 0) is 43.4 Å². The highest BCUT2D eigenvalue weighted by atomic mass is 35.5. The quantitative estimate of drug-likeness (QED) is 0.645. The Balaban J connectivity index is 2.14. The Hall–Kier alpha value is -0.610. The first-order valence-corrected chi connectivity index (χ1v) is 8.11. The molecule has 0 bridgehead atoms. The molecule has 0 aliphatic carbocycles. The molecule has 0 heterocycles. The largest absolute Gasteiger partial charge is 0.389 e. The molecule has 2 unspecified atom stereocenters. The predicted octanol–water partition coefficient (Wildman–Crippen LogP) is 3.80. The molecule has 2 atom stereocenters. The van der Waals surface area contributed by atoms with E-state index in [0.29, 0.717) is 19.1 Å². The maximum Gasteiger partial charge on any atom is 0.0897 e. The van der Waals surface area contributed by atoms with E-state index >= 15 is 0 Å². The van der Waals surface area contributed by atoms with Gasteiger partial charge in [-0.2, -0.15) is 0 Å². The zero-order valence-corrected chi connectivity index (χ0v) is 14.1. The van der Waals surface area contributed by atoms with Crippen molar-refractivity contribution in [1.29, 1.82) is 0 Å². The first-order chi connectivity index (χ1) is 9.99. The average molecular weight is 314 g/mol. The summed E-state index contributed by atoms with van der Waals surface area (Å²) in [6.45, 7) is 8.11. The number of aliphatic hydroxyl groups excluding tert-OH is 1. The Labute approximate surface area is 133 Å². The molecule has 1 rings (SSSR count). The lowest BCUT2D eigenvalue weighted by Crippen LogP contribution is -2.32. The number of rotatable bonds is 10. The minimum absolute atomic E-state index is 0.179. The molecular formula is C17H28ClNO2. The van der Waals surface area contributed by atoms with Gasteiger partial charge in [0, 0.05) is 24.2 Å². The second-order valence-electron chi connectivity index (χ2n) is 5.95. The van der Waals surface area contributed by atoms with Gasteiger partial charge in [-0.1, -0.05) is 37.6 Å². The van der Waals surface area contributed by atoms with Crippen molar-refractivity contribution in [2.75, 3.05) is 19.8 Å². The third kappa shape index (κ3) is 8.42. The lowest BCUT2D eigenvalue weighted by atomic mass is 10.1.